The van der Waals surface area contributed by atoms with Crippen LogP contribution in [0, 0.1) is 5.92 Å². The smallest absolute Gasteiger partial charge is 0.421 e. The Labute approximate surface area is 137 Å². The summed E-state index contributed by atoms with van der Waals surface area (Å²) in [7, 11) is 1.34. The van der Waals surface area contributed by atoms with Crippen LogP contribution in [0.4, 0.5) is 13.2 Å². The maximum absolute atomic E-state index is 13.4. The topological polar surface area (TPSA) is 72.8 Å². The van der Waals surface area contributed by atoms with Crippen molar-refractivity contribution < 1.29 is 37.3 Å². The largest absolute Gasteiger partial charge is 0.497 e. The molecule has 0 amide bonds. The van der Waals surface area contributed by atoms with Crippen LogP contribution in [0.25, 0.3) is 0 Å². The van der Waals surface area contributed by atoms with Gasteiger partial charge in [0.25, 0.3) is 0 Å². The molecule has 0 heterocycles. The van der Waals surface area contributed by atoms with Crippen LogP contribution >= 0.6 is 0 Å². The molecule has 0 aliphatic heterocycles. The molecule has 1 aromatic rings. The molecule has 0 saturated heterocycles. The van der Waals surface area contributed by atoms with Crippen LogP contribution in [-0.4, -0.2) is 36.8 Å². The standard InChI is InChI=1S/C16H19F3O5/c1-4-24-14(21)10(2)13(20)9-15(22,16(17,18)19)11-5-7-12(23-3)8-6-11/h5-8,10,22H,4,9H2,1-3H3. The minimum absolute atomic E-state index is 0.00152. The lowest BCUT2D eigenvalue weighted by atomic mass is 9.85. The first-order valence-electron chi connectivity index (χ1n) is 7.19. The number of Topliss-reactive ketones (excluding diaryl/α,β-unsaturated/α-hetero) is 1. The third kappa shape index (κ3) is 4.25. The predicted octanol–water partition coefficient (Wildman–Crippen LogP) is 2.60. The molecular formula is C16H19F3O5. The van der Waals surface area contributed by atoms with Gasteiger partial charge in [0.15, 0.2) is 5.60 Å². The average Bonchev–Trinajstić information content (AvgIpc) is 2.53. The maximum atomic E-state index is 13.4. The van der Waals surface area contributed by atoms with Crippen molar-refractivity contribution in [1.29, 1.82) is 0 Å². The number of ether oxygens (including phenoxy) is 2. The Morgan fingerprint density at radius 3 is 2.17 bits per heavy atom. The summed E-state index contributed by atoms with van der Waals surface area (Å²) in [5.41, 5.74) is -3.92. The molecule has 1 rings (SSSR count). The van der Waals surface area contributed by atoms with Crippen LogP contribution in [-0.2, 0) is 19.9 Å². The molecule has 0 aliphatic rings. The molecule has 0 aromatic heterocycles. The third-order valence-corrected chi connectivity index (χ3v) is 3.59. The zero-order chi connectivity index (χ0) is 18.5. The number of halogens is 3. The van der Waals surface area contributed by atoms with E-state index in [1.165, 1.54) is 26.2 Å². The lowest BCUT2D eigenvalue weighted by molar-refractivity contribution is -0.267. The fourth-order valence-corrected chi connectivity index (χ4v) is 2.04. The van der Waals surface area contributed by atoms with Gasteiger partial charge in [-0.1, -0.05) is 12.1 Å². The van der Waals surface area contributed by atoms with Gasteiger partial charge in [-0.3, -0.25) is 9.59 Å². The van der Waals surface area contributed by atoms with Crippen molar-refractivity contribution in [3.8, 4) is 5.75 Å². The Kier molecular flexibility index (Phi) is 6.36. The second-order valence-corrected chi connectivity index (χ2v) is 5.20. The Morgan fingerprint density at radius 1 is 1.21 bits per heavy atom. The summed E-state index contributed by atoms with van der Waals surface area (Å²) in [6, 6.07) is 4.53. The van der Waals surface area contributed by atoms with E-state index >= 15 is 0 Å². The van der Waals surface area contributed by atoms with E-state index in [0.29, 0.717) is 5.75 Å². The first-order chi connectivity index (χ1) is 11.1. The number of rotatable bonds is 7. The molecule has 5 nitrogen and oxygen atoms in total. The van der Waals surface area contributed by atoms with Crippen LogP contribution < -0.4 is 4.74 Å². The van der Waals surface area contributed by atoms with Gasteiger partial charge in [0.1, 0.15) is 17.5 Å². The average molecular weight is 348 g/mol. The number of ketones is 1. The van der Waals surface area contributed by atoms with Crippen LogP contribution in [0.3, 0.4) is 0 Å². The van der Waals surface area contributed by atoms with Crippen molar-refractivity contribution in [3.05, 3.63) is 29.8 Å². The molecule has 1 N–H and O–H groups in total. The summed E-state index contributed by atoms with van der Waals surface area (Å²) in [5, 5.41) is 10.2. The van der Waals surface area contributed by atoms with Crippen molar-refractivity contribution in [2.24, 2.45) is 5.92 Å². The number of esters is 1. The van der Waals surface area contributed by atoms with Gasteiger partial charge in [-0.05, 0) is 31.5 Å². The summed E-state index contributed by atoms with van der Waals surface area (Å²) in [6.45, 7) is 2.65. The van der Waals surface area contributed by atoms with Crippen molar-refractivity contribution in [2.75, 3.05) is 13.7 Å². The molecule has 134 valence electrons. The molecular weight excluding hydrogens is 329 g/mol. The van der Waals surface area contributed by atoms with Crippen molar-refractivity contribution >= 4 is 11.8 Å². The predicted molar refractivity (Wildman–Crippen MR) is 78.4 cm³/mol. The SMILES string of the molecule is CCOC(=O)C(C)C(=O)CC(O)(c1ccc(OC)cc1)C(F)(F)F. The second-order valence-electron chi connectivity index (χ2n) is 5.20. The lowest BCUT2D eigenvalue weighted by Crippen LogP contribution is -2.45. The highest BCUT2D eigenvalue weighted by Gasteiger charge is 2.56. The van der Waals surface area contributed by atoms with E-state index in [1.807, 2.05) is 0 Å². The zero-order valence-corrected chi connectivity index (χ0v) is 13.5. The second kappa shape index (κ2) is 7.65. The highest BCUT2D eigenvalue weighted by atomic mass is 19.4. The van der Waals surface area contributed by atoms with E-state index in [-0.39, 0.29) is 6.61 Å². The molecule has 2 unspecified atom stereocenters. The molecule has 24 heavy (non-hydrogen) atoms. The first-order valence-corrected chi connectivity index (χ1v) is 7.19. The van der Waals surface area contributed by atoms with Crippen molar-refractivity contribution in [3.63, 3.8) is 0 Å². The number of methoxy groups -OCH3 is 1. The van der Waals surface area contributed by atoms with Gasteiger partial charge in [-0.2, -0.15) is 13.2 Å². The summed E-state index contributed by atoms with van der Waals surface area (Å²) in [6.07, 6.45) is -6.39. The molecule has 2 atom stereocenters. The Balaban J connectivity index is 3.12. The monoisotopic (exact) mass is 348 g/mol. The molecule has 0 radical (unpaired) electrons. The van der Waals surface area contributed by atoms with E-state index < -0.39 is 41.4 Å². The highest BCUT2D eigenvalue weighted by molar-refractivity contribution is 5.99. The minimum atomic E-state index is -5.11. The Morgan fingerprint density at radius 2 is 1.75 bits per heavy atom. The maximum Gasteiger partial charge on any atom is 0.421 e. The van der Waals surface area contributed by atoms with Crippen LogP contribution in [0.1, 0.15) is 25.8 Å². The summed E-state index contributed by atoms with van der Waals surface area (Å²) < 4.78 is 49.7. The number of carbonyl (C=O) groups is 2. The Hall–Kier alpha value is -2.09. The third-order valence-electron chi connectivity index (χ3n) is 3.59. The van der Waals surface area contributed by atoms with E-state index in [1.54, 1.807) is 0 Å². The van der Waals surface area contributed by atoms with Gasteiger partial charge < -0.3 is 14.6 Å². The van der Waals surface area contributed by atoms with Crippen LogP contribution in [0.2, 0.25) is 0 Å². The van der Waals surface area contributed by atoms with E-state index in [9.17, 15) is 27.9 Å². The molecule has 1 aromatic carbocycles. The number of benzene rings is 1. The van der Waals surface area contributed by atoms with E-state index in [2.05, 4.69) is 4.74 Å². The number of hydrogen-bond acceptors (Lipinski definition) is 5. The summed E-state index contributed by atoms with van der Waals surface area (Å²) >= 11 is 0. The quantitative estimate of drug-likeness (QED) is 0.606. The lowest BCUT2D eigenvalue weighted by Gasteiger charge is -2.31. The number of carbonyl (C=O) groups excluding carboxylic acids is 2. The first kappa shape index (κ1) is 20.0. The Bertz CT molecular complexity index is 582. The van der Waals surface area contributed by atoms with Gasteiger partial charge >= 0.3 is 12.1 Å². The summed E-state index contributed by atoms with van der Waals surface area (Å²) in [5.74, 6) is -3.10. The van der Waals surface area contributed by atoms with Gasteiger partial charge in [-0.15, -0.1) is 0 Å². The fraction of sp³-hybridized carbons (Fsp3) is 0.500. The van der Waals surface area contributed by atoms with Crippen LogP contribution in [0.15, 0.2) is 24.3 Å². The van der Waals surface area contributed by atoms with Crippen LogP contribution in [0.5, 0.6) is 5.75 Å². The van der Waals surface area contributed by atoms with Gasteiger partial charge in [0, 0.05) is 6.42 Å². The fourth-order valence-electron chi connectivity index (χ4n) is 2.04. The highest BCUT2D eigenvalue weighted by Crippen LogP contribution is 2.42. The summed E-state index contributed by atoms with van der Waals surface area (Å²) in [4.78, 5) is 23.6. The normalized spacial score (nSPS) is 15.3. The minimum Gasteiger partial charge on any atom is -0.497 e. The van der Waals surface area contributed by atoms with E-state index in [4.69, 9.17) is 4.74 Å². The molecule has 0 aliphatic carbocycles. The van der Waals surface area contributed by atoms with E-state index in [0.717, 1.165) is 19.1 Å². The van der Waals surface area contributed by atoms with Gasteiger partial charge in [-0.25, -0.2) is 0 Å². The number of hydrogen-bond donors (Lipinski definition) is 1. The molecule has 0 spiro atoms. The van der Waals surface area contributed by atoms with Gasteiger partial charge in [0.2, 0.25) is 0 Å². The van der Waals surface area contributed by atoms with Crippen molar-refractivity contribution in [2.45, 2.75) is 32.0 Å². The molecule has 0 bridgehead atoms. The number of aliphatic hydroxyl groups is 1. The number of alkyl halides is 3. The zero-order valence-electron chi connectivity index (χ0n) is 13.5. The molecule has 0 saturated carbocycles. The molecule has 8 heteroatoms. The van der Waals surface area contributed by atoms with Gasteiger partial charge in [0.05, 0.1) is 13.7 Å². The molecule has 0 fully saturated rings. The van der Waals surface area contributed by atoms with Crippen molar-refractivity contribution in [1.82, 2.24) is 0 Å².